The number of allylic oxidation sites excluding steroid dienone is 3. The van der Waals surface area contributed by atoms with Gasteiger partial charge in [0.1, 0.15) is 62.0 Å². The Morgan fingerprint density at radius 3 is 1.12 bits per heavy atom. The summed E-state index contributed by atoms with van der Waals surface area (Å²) in [5.74, 6) is 1.06. The standard InChI is InChI=1S/C107H126N4O11.4ClH/c1-10-90(76-31-19-13-20-32-76)102(79-37-25-16-26-38-79)82-44-50-86(51-45-82)116-66-62-109(7)72-99(113)120-89-59-60-106(5)85(69-89)70-96(121-100(114)73-110(8)63-67-117-87-52-46-83(47-53-87)103(80-39-27-17-28-40-80)91(11-2)77-33-21-14-22-34-77)105-94-57-56-93(75(4)43-58-98(112)119-65-61-108)107(94,6)97(71-95(105)106)122-101(115)74-111(9)64-68-118-88-54-48-84(49-55-88)104(81-41-29-18-30-42-81)92(12-3)78-35-23-15-24-36-78;;;;/h13-42,44-55,75,85,89,93-97,105H,10-12,43,56-74,108H2,1-9H3;4*1H/b102-90-,103-91-,104-92-;;;;/t75-,85+,89-,93-,94+,95+,96-,97+,105+,106+,107-;;;;/m1..../s1. The SMILES string of the molecule is CC/C(=C(\c1ccccc1)c1ccc(OCCN(C)CC(=O)O[C@@H]2CC[C@@]3(C)[C@@H](C2)C[C@@H](OC(=O)CN(C)CCOc2ccc(/C(=C(/CC)c4ccccc4)c4ccccc4)cc2)[C@@H]2[C@@H]3C[C@H](OC(=O)CN(C)CCOc3ccc(/C(=C(/CC)c4ccccc4)c4ccccc4)cc3)[C@]3(C)[C@@H]([C@H](C)CCC(=O)OCCN)CC[C@@H]23)cc1)c1ccccc1.Cl.Cl.Cl.Cl. The van der Waals surface area contributed by atoms with Gasteiger partial charge < -0.3 is 38.9 Å². The first-order valence-corrected chi connectivity index (χ1v) is 44.6. The first-order chi connectivity index (χ1) is 59.3. The van der Waals surface area contributed by atoms with Gasteiger partial charge in [0.05, 0.1) is 19.6 Å². The molecule has 0 spiro atoms. The van der Waals surface area contributed by atoms with Crippen LogP contribution in [0.3, 0.4) is 0 Å². The summed E-state index contributed by atoms with van der Waals surface area (Å²) in [6.45, 7) is 16.7. The van der Waals surface area contributed by atoms with E-state index >= 15 is 0 Å². The van der Waals surface area contributed by atoms with Crippen LogP contribution >= 0.6 is 49.6 Å². The molecule has 0 unspecified atom stereocenters. The number of carbonyl (C=O) groups is 4. The lowest BCUT2D eigenvalue weighted by molar-refractivity contribution is -0.226. The topological polar surface area (TPSA) is 169 Å². The molecule has 11 atom stereocenters. The number of halogens is 4. The van der Waals surface area contributed by atoms with Crippen LogP contribution in [0.1, 0.15) is 169 Å². The Morgan fingerprint density at radius 1 is 0.405 bits per heavy atom. The average molecular weight is 1790 g/mol. The van der Waals surface area contributed by atoms with Crippen LogP contribution in [0, 0.1) is 46.3 Å². The van der Waals surface area contributed by atoms with Gasteiger partial charge in [-0.3, -0.25) is 33.9 Å². The molecule has 672 valence electrons. The Hall–Kier alpha value is -9.52. The summed E-state index contributed by atoms with van der Waals surface area (Å²) in [7, 11) is 5.79. The van der Waals surface area contributed by atoms with Gasteiger partial charge in [0, 0.05) is 43.9 Å². The van der Waals surface area contributed by atoms with Gasteiger partial charge in [-0.2, -0.15) is 0 Å². The number of benzene rings is 9. The number of fused-ring (bicyclic) bond motifs is 5. The van der Waals surface area contributed by atoms with Crippen molar-refractivity contribution >= 4 is 107 Å². The van der Waals surface area contributed by atoms with Crippen molar-refractivity contribution in [2.75, 3.05) is 93.4 Å². The van der Waals surface area contributed by atoms with E-state index in [9.17, 15) is 19.2 Å². The third kappa shape index (κ3) is 25.1. The Labute approximate surface area is 773 Å². The van der Waals surface area contributed by atoms with Crippen LogP contribution in [0.5, 0.6) is 17.2 Å². The molecule has 13 rings (SSSR count). The highest BCUT2D eigenvalue weighted by atomic mass is 35.5. The third-order valence-electron chi connectivity index (χ3n) is 26.9. The van der Waals surface area contributed by atoms with E-state index in [0.717, 1.165) is 89.2 Å². The van der Waals surface area contributed by atoms with E-state index in [1.165, 1.54) is 50.1 Å². The van der Waals surface area contributed by atoms with Crippen molar-refractivity contribution in [1.29, 1.82) is 0 Å². The molecule has 9 aromatic rings. The van der Waals surface area contributed by atoms with Crippen LogP contribution in [-0.2, 0) is 38.1 Å². The first-order valence-electron chi connectivity index (χ1n) is 44.6. The minimum atomic E-state index is -0.556. The molecule has 0 aromatic heterocycles. The summed E-state index contributed by atoms with van der Waals surface area (Å²) in [6.07, 6.45) is 7.00. The van der Waals surface area contributed by atoms with E-state index in [1.807, 2.05) is 90.4 Å². The summed E-state index contributed by atoms with van der Waals surface area (Å²) in [4.78, 5) is 63.3. The minimum Gasteiger partial charge on any atom is -0.492 e. The fraction of sp³-hybridized carbons (Fsp3) is 0.402. The van der Waals surface area contributed by atoms with Crippen molar-refractivity contribution in [3.63, 3.8) is 0 Å². The molecule has 126 heavy (non-hydrogen) atoms. The van der Waals surface area contributed by atoms with Gasteiger partial charge in [0.25, 0.3) is 0 Å². The maximum Gasteiger partial charge on any atom is 0.320 e. The number of hydrogen-bond donors (Lipinski definition) is 1. The molecule has 9 aromatic carbocycles. The quantitative estimate of drug-likeness (QED) is 0.0219. The fourth-order valence-corrected chi connectivity index (χ4v) is 20.7. The normalized spacial score (nSPS) is 21.2. The van der Waals surface area contributed by atoms with Crippen LogP contribution in [0.15, 0.2) is 255 Å². The average Bonchev–Trinajstić information content (AvgIpc) is 1.44. The van der Waals surface area contributed by atoms with E-state index in [2.05, 4.69) is 242 Å². The van der Waals surface area contributed by atoms with Crippen LogP contribution in [0.4, 0.5) is 0 Å². The molecule has 4 fully saturated rings. The predicted octanol–water partition coefficient (Wildman–Crippen LogP) is 22.3. The number of hydrogen-bond acceptors (Lipinski definition) is 15. The monoisotopic (exact) mass is 1790 g/mol. The molecule has 0 amide bonds. The number of carbonyl (C=O) groups excluding carboxylic acids is 4. The number of nitrogens with two attached hydrogens (primary N) is 1. The van der Waals surface area contributed by atoms with Gasteiger partial charge in [-0.25, -0.2) is 0 Å². The predicted molar refractivity (Wildman–Crippen MR) is 519 cm³/mol. The Morgan fingerprint density at radius 2 is 0.754 bits per heavy atom. The maximum atomic E-state index is 15.0. The Balaban J connectivity index is 0.00000449. The number of rotatable bonds is 39. The maximum absolute atomic E-state index is 15.0. The van der Waals surface area contributed by atoms with Gasteiger partial charge >= 0.3 is 23.9 Å². The van der Waals surface area contributed by atoms with Crippen molar-refractivity contribution in [2.24, 2.45) is 52.1 Å². The molecule has 4 aliphatic rings. The first kappa shape index (κ1) is 100. The van der Waals surface area contributed by atoms with Crippen LogP contribution in [0.2, 0.25) is 0 Å². The minimum absolute atomic E-state index is 0. The van der Waals surface area contributed by atoms with Gasteiger partial charge in [0.15, 0.2) is 0 Å². The lowest BCUT2D eigenvalue weighted by Gasteiger charge is -2.64. The van der Waals surface area contributed by atoms with Crippen molar-refractivity contribution in [3.05, 3.63) is 305 Å². The summed E-state index contributed by atoms with van der Waals surface area (Å²) >= 11 is 0. The van der Waals surface area contributed by atoms with Crippen LogP contribution in [-0.4, -0.2) is 150 Å². The molecule has 0 heterocycles. The van der Waals surface area contributed by atoms with E-state index in [4.69, 9.17) is 38.9 Å². The third-order valence-corrected chi connectivity index (χ3v) is 26.9. The van der Waals surface area contributed by atoms with E-state index in [1.54, 1.807) is 0 Å². The van der Waals surface area contributed by atoms with E-state index < -0.39 is 17.6 Å². The zero-order chi connectivity index (χ0) is 85.5. The second kappa shape index (κ2) is 48.6. The van der Waals surface area contributed by atoms with Gasteiger partial charge in [-0.05, 0) is 247 Å². The zero-order valence-electron chi connectivity index (χ0n) is 74.8. The summed E-state index contributed by atoms with van der Waals surface area (Å²) in [5, 5.41) is 0. The molecular weight excluding hydrogens is 1660 g/mol. The highest BCUT2D eigenvalue weighted by molar-refractivity contribution is 6.01. The number of esters is 4. The van der Waals surface area contributed by atoms with E-state index in [-0.39, 0.29) is 160 Å². The number of ether oxygens (including phenoxy) is 7. The Kier molecular flexibility index (Phi) is 38.7. The highest BCUT2D eigenvalue weighted by Gasteiger charge is 2.68. The lowest BCUT2D eigenvalue weighted by atomic mass is 9.43. The molecule has 15 nitrogen and oxygen atoms in total. The summed E-state index contributed by atoms with van der Waals surface area (Å²) in [6, 6.07) is 88.3. The van der Waals surface area contributed by atoms with Crippen molar-refractivity contribution in [2.45, 2.75) is 137 Å². The fourth-order valence-electron chi connectivity index (χ4n) is 20.7. The summed E-state index contributed by atoms with van der Waals surface area (Å²) < 4.78 is 45.4. The Bertz CT molecular complexity index is 4980. The smallest absolute Gasteiger partial charge is 0.320 e. The number of likely N-dealkylation sites (N-methyl/N-ethyl adjacent to an activating group) is 3. The van der Waals surface area contributed by atoms with Gasteiger partial charge in [-0.1, -0.05) is 260 Å². The number of nitrogens with zero attached hydrogens (tertiary/aromatic N) is 3. The molecular formula is C107H130Cl4N4O11. The molecule has 4 saturated carbocycles. The molecule has 4 aliphatic carbocycles. The van der Waals surface area contributed by atoms with Crippen molar-refractivity contribution in [1.82, 2.24) is 14.7 Å². The largest absolute Gasteiger partial charge is 0.492 e. The molecule has 2 N–H and O–H groups in total. The van der Waals surface area contributed by atoms with E-state index in [0.29, 0.717) is 71.6 Å². The molecule has 0 radical (unpaired) electrons. The van der Waals surface area contributed by atoms with Crippen molar-refractivity contribution < 1.29 is 52.3 Å². The van der Waals surface area contributed by atoms with Gasteiger partial charge in [0.2, 0.25) is 0 Å². The highest BCUT2D eigenvalue weighted by Crippen LogP contribution is 2.70. The molecule has 19 heteroatoms. The second-order valence-electron chi connectivity index (χ2n) is 34.6. The van der Waals surface area contributed by atoms with Crippen LogP contribution in [0.25, 0.3) is 33.4 Å². The molecule has 0 bridgehead atoms. The molecule has 0 aliphatic heterocycles. The second-order valence-corrected chi connectivity index (χ2v) is 34.6. The van der Waals surface area contributed by atoms with Crippen LogP contribution < -0.4 is 19.9 Å². The van der Waals surface area contributed by atoms with Gasteiger partial charge in [-0.15, -0.1) is 49.6 Å². The molecule has 0 saturated heterocycles. The van der Waals surface area contributed by atoms with Crippen molar-refractivity contribution in [3.8, 4) is 17.2 Å². The summed E-state index contributed by atoms with van der Waals surface area (Å²) in [5.41, 5.74) is 22.7. The zero-order valence-corrected chi connectivity index (χ0v) is 78.0. The lowest BCUT2D eigenvalue weighted by Crippen LogP contribution is -2.63.